The fraction of sp³-hybridized carbons (Fsp3) is 0.583. The highest BCUT2D eigenvalue weighted by molar-refractivity contribution is 14.1. The Morgan fingerprint density at radius 1 is 1.44 bits per heavy atom. The van der Waals surface area contributed by atoms with E-state index < -0.39 is 0 Å². The van der Waals surface area contributed by atoms with Crippen molar-refractivity contribution in [3.05, 3.63) is 19.9 Å². The summed E-state index contributed by atoms with van der Waals surface area (Å²) in [5.41, 5.74) is 0.856. The van der Waals surface area contributed by atoms with Gasteiger partial charge in [-0.2, -0.15) is 0 Å². The number of halogens is 1. The monoisotopic (exact) mass is 349 g/mol. The average Bonchev–Trinajstić information content (AvgIpc) is 2.64. The zero-order chi connectivity index (χ0) is 11.7. The summed E-state index contributed by atoms with van der Waals surface area (Å²) in [5.74, 6) is 0.207. The van der Waals surface area contributed by atoms with Crippen LogP contribution in [-0.4, -0.2) is 22.9 Å². The number of rotatable bonds is 1. The third-order valence-electron chi connectivity index (χ3n) is 3.24. The summed E-state index contributed by atoms with van der Waals surface area (Å²) in [4.78, 5) is 14.4. The van der Waals surface area contributed by atoms with E-state index in [9.17, 15) is 4.79 Å². The SMILES string of the molecule is CC1CCCC(C)N1C(=O)c1csc(I)c1. The molecule has 0 bridgehead atoms. The van der Waals surface area contributed by atoms with Crippen molar-refractivity contribution in [2.75, 3.05) is 0 Å². The summed E-state index contributed by atoms with van der Waals surface area (Å²) in [7, 11) is 0. The largest absolute Gasteiger partial charge is 0.333 e. The minimum Gasteiger partial charge on any atom is -0.333 e. The second-order valence-corrected chi connectivity index (χ2v) is 7.29. The molecule has 1 aliphatic rings. The van der Waals surface area contributed by atoms with E-state index in [1.54, 1.807) is 11.3 Å². The second-order valence-electron chi connectivity index (χ2n) is 4.48. The molecule has 1 saturated heterocycles. The highest BCUT2D eigenvalue weighted by Gasteiger charge is 2.29. The normalized spacial score (nSPS) is 25.8. The number of hydrogen-bond acceptors (Lipinski definition) is 2. The molecule has 2 rings (SSSR count). The number of likely N-dealkylation sites (tertiary alicyclic amines) is 1. The van der Waals surface area contributed by atoms with E-state index in [2.05, 4.69) is 41.3 Å². The van der Waals surface area contributed by atoms with Gasteiger partial charge in [0.1, 0.15) is 0 Å². The molecule has 2 atom stereocenters. The van der Waals surface area contributed by atoms with E-state index in [0.717, 1.165) is 18.4 Å². The van der Waals surface area contributed by atoms with E-state index in [-0.39, 0.29) is 5.91 Å². The van der Waals surface area contributed by atoms with Crippen LogP contribution in [0, 0.1) is 2.88 Å². The molecule has 2 heterocycles. The molecule has 2 nitrogen and oxygen atoms in total. The van der Waals surface area contributed by atoms with Crippen LogP contribution < -0.4 is 0 Å². The van der Waals surface area contributed by atoms with E-state index >= 15 is 0 Å². The molecule has 1 aromatic heterocycles. The highest BCUT2D eigenvalue weighted by atomic mass is 127. The first-order valence-corrected chi connectivity index (χ1v) is 7.62. The zero-order valence-electron chi connectivity index (χ0n) is 9.57. The summed E-state index contributed by atoms with van der Waals surface area (Å²) >= 11 is 3.90. The Bertz CT molecular complexity index is 380. The maximum atomic E-state index is 12.4. The predicted octanol–water partition coefficient (Wildman–Crippen LogP) is 3.76. The number of hydrogen-bond donors (Lipinski definition) is 0. The Balaban J connectivity index is 2.19. The molecular formula is C12H16INOS. The zero-order valence-corrected chi connectivity index (χ0v) is 12.5. The fourth-order valence-electron chi connectivity index (χ4n) is 2.39. The smallest absolute Gasteiger partial charge is 0.255 e. The summed E-state index contributed by atoms with van der Waals surface area (Å²) in [6.07, 6.45) is 3.52. The predicted molar refractivity (Wildman–Crippen MR) is 76.0 cm³/mol. The van der Waals surface area contributed by atoms with E-state index in [1.165, 1.54) is 9.30 Å². The van der Waals surface area contributed by atoms with Gasteiger partial charge in [0, 0.05) is 17.5 Å². The van der Waals surface area contributed by atoms with Crippen LogP contribution in [0.4, 0.5) is 0 Å². The lowest BCUT2D eigenvalue weighted by Crippen LogP contribution is -2.47. The minimum absolute atomic E-state index is 0.207. The molecule has 0 spiro atoms. The topological polar surface area (TPSA) is 20.3 Å². The third-order valence-corrected chi connectivity index (χ3v) is 5.03. The van der Waals surface area contributed by atoms with E-state index in [0.29, 0.717) is 12.1 Å². The maximum absolute atomic E-state index is 12.4. The first kappa shape index (κ1) is 12.4. The summed E-state index contributed by atoms with van der Waals surface area (Å²) < 4.78 is 1.18. The van der Waals surface area contributed by atoms with Crippen molar-refractivity contribution < 1.29 is 4.79 Å². The lowest BCUT2D eigenvalue weighted by Gasteiger charge is -2.38. The first-order valence-electron chi connectivity index (χ1n) is 5.66. The Labute approximate surface area is 114 Å². The maximum Gasteiger partial charge on any atom is 0.255 e. The molecule has 88 valence electrons. The quantitative estimate of drug-likeness (QED) is 0.707. The molecule has 0 saturated carbocycles. The van der Waals surface area contributed by atoms with Gasteiger partial charge in [-0.3, -0.25) is 4.79 Å². The van der Waals surface area contributed by atoms with Crippen LogP contribution in [0.25, 0.3) is 0 Å². The minimum atomic E-state index is 0.207. The molecule has 1 aromatic rings. The number of piperidine rings is 1. The molecule has 1 amide bonds. The van der Waals surface area contributed by atoms with Gasteiger partial charge in [-0.25, -0.2) is 0 Å². The standard InChI is InChI=1S/C12H16INOS/c1-8-4-3-5-9(2)14(8)12(15)10-6-11(13)16-7-10/h6-9H,3-5H2,1-2H3. The van der Waals surface area contributed by atoms with Crippen LogP contribution in [-0.2, 0) is 0 Å². The Hall–Kier alpha value is -0.100. The summed E-state index contributed by atoms with van der Waals surface area (Å²) in [5, 5.41) is 1.97. The van der Waals surface area contributed by atoms with Crippen molar-refractivity contribution in [1.82, 2.24) is 4.90 Å². The van der Waals surface area contributed by atoms with Crippen LogP contribution in [0.5, 0.6) is 0 Å². The van der Waals surface area contributed by atoms with Crippen molar-refractivity contribution in [3.8, 4) is 0 Å². The van der Waals surface area contributed by atoms with Gasteiger partial charge in [0.2, 0.25) is 0 Å². The Morgan fingerprint density at radius 3 is 2.56 bits per heavy atom. The van der Waals surface area contributed by atoms with Gasteiger partial charge < -0.3 is 4.90 Å². The lowest BCUT2D eigenvalue weighted by molar-refractivity contribution is 0.0511. The Kier molecular flexibility index (Phi) is 3.89. The van der Waals surface area contributed by atoms with E-state index in [1.807, 2.05) is 11.4 Å². The number of amides is 1. The van der Waals surface area contributed by atoms with Gasteiger partial charge in [-0.05, 0) is 61.8 Å². The van der Waals surface area contributed by atoms with Gasteiger partial charge in [-0.15, -0.1) is 11.3 Å². The fourth-order valence-corrected chi connectivity index (χ4v) is 3.71. The molecule has 0 radical (unpaired) electrons. The van der Waals surface area contributed by atoms with Crippen LogP contribution in [0.15, 0.2) is 11.4 Å². The number of carbonyl (C=O) groups is 1. The molecule has 1 fully saturated rings. The van der Waals surface area contributed by atoms with Gasteiger partial charge >= 0.3 is 0 Å². The molecule has 2 unspecified atom stereocenters. The third kappa shape index (κ3) is 2.42. The van der Waals surface area contributed by atoms with Crippen LogP contribution in [0.1, 0.15) is 43.5 Å². The van der Waals surface area contributed by atoms with Gasteiger partial charge in [0.25, 0.3) is 5.91 Å². The highest BCUT2D eigenvalue weighted by Crippen LogP contribution is 2.26. The lowest BCUT2D eigenvalue weighted by atomic mass is 9.97. The summed E-state index contributed by atoms with van der Waals surface area (Å²) in [6.45, 7) is 4.32. The van der Waals surface area contributed by atoms with Gasteiger partial charge in [-0.1, -0.05) is 0 Å². The van der Waals surface area contributed by atoms with Crippen molar-refractivity contribution in [2.24, 2.45) is 0 Å². The number of nitrogens with zero attached hydrogens (tertiary/aromatic N) is 1. The van der Waals surface area contributed by atoms with Crippen molar-refractivity contribution in [2.45, 2.75) is 45.2 Å². The molecule has 4 heteroatoms. The van der Waals surface area contributed by atoms with Crippen molar-refractivity contribution in [3.63, 3.8) is 0 Å². The second kappa shape index (κ2) is 5.04. The van der Waals surface area contributed by atoms with Crippen molar-refractivity contribution in [1.29, 1.82) is 0 Å². The molecular weight excluding hydrogens is 333 g/mol. The molecule has 0 N–H and O–H groups in total. The number of carbonyl (C=O) groups excluding carboxylic acids is 1. The molecule has 1 aliphatic heterocycles. The van der Waals surface area contributed by atoms with Gasteiger partial charge in [0.05, 0.1) is 8.45 Å². The molecule has 16 heavy (non-hydrogen) atoms. The van der Waals surface area contributed by atoms with Crippen LogP contribution >= 0.6 is 33.9 Å². The van der Waals surface area contributed by atoms with Crippen LogP contribution in [0.2, 0.25) is 0 Å². The summed E-state index contributed by atoms with van der Waals surface area (Å²) in [6, 6.07) is 2.75. The Morgan fingerprint density at radius 2 is 2.06 bits per heavy atom. The molecule has 0 aromatic carbocycles. The van der Waals surface area contributed by atoms with Gasteiger partial charge in [0.15, 0.2) is 0 Å². The van der Waals surface area contributed by atoms with Crippen molar-refractivity contribution >= 4 is 39.8 Å². The average molecular weight is 349 g/mol. The van der Waals surface area contributed by atoms with E-state index in [4.69, 9.17) is 0 Å². The number of thiophene rings is 1. The van der Waals surface area contributed by atoms with Crippen LogP contribution in [0.3, 0.4) is 0 Å². The molecule has 0 aliphatic carbocycles. The first-order chi connectivity index (χ1) is 7.59.